The van der Waals surface area contributed by atoms with Crippen LogP contribution in [0.4, 0.5) is 11.5 Å². The van der Waals surface area contributed by atoms with Crippen LogP contribution in [-0.4, -0.2) is 39.5 Å². The van der Waals surface area contributed by atoms with Gasteiger partial charge in [0.25, 0.3) is 11.5 Å². The van der Waals surface area contributed by atoms with Crippen LogP contribution in [0.2, 0.25) is 0 Å². The number of carbonyl (C=O) groups is 2. The molecule has 2 aromatic heterocycles. The van der Waals surface area contributed by atoms with E-state index in [1.807, 2.05) is 24.3 Å². The van der Waals surface area contributed by atoms with E-state index >= 15 is 0 Å². The second kappa shape index (κ2) is 9.61. The summed E-state index contributed by atoms with van der Waals surface area (Å²) in [4.78, 5) is 39.7. The lowest BCUT2D eigenvalue weighted by atomic mass is 10.1. The number of pyridine rings is 1. The van der Waals surface area contributed by atoms with Gasteiger partial charge in [-0.05, 0) is 50.6 Å². The summed E-state index contributed by atoms with van der Waals surface area (Å²) in [7, 11) is 0. The van der Waals surface area contributed by atoms with E-state index in [-0.39, 0.29) is 29.4 Å². The van der Waals surface area contributed by atoms with E-state index in [9.17, 15) is 14.4 Å². The van der Waals surface area contributed by atoms with Gasteiger partial charge in [-0.15, -0.1) is 0 Å². The van der Waals surface area contributed by atoms with Crippen molar-refractivity contribution in [3.63, 3.8) is 0 Å². The van der Waals surface area contributed by atoms with Crippen LogP contribution in [-0.2, 0) is 17.9 Å². The number of aromatic nitrogens is 2. The zero-order valence-electron chi connectivity index (χ0n) is 17.8. The first-order chi connectivity index (χ1) is 15.5. The molecule has 32 heavy (non-hydrogen) atoms. The van der Waals surface area contributed by atoms with Crippen LogP contribution in [0.3, 0.4) is 0 Å². The fourth-order valence-electron chi connectivity index (χ4n) is 3.71. The average Bonchev–Trinajstić information content (AvgIpc) is 3.42. The van der Waals surface area contributed by atoms with Gasteiger partial charge >= 0.3 is 0 Å². The molecule has 3 aromatic rings. The van der Waals surface area contributed by atoms with Gasteiger partial charge in [-0.1, -0.05) is 23.4 Å². The molecule has 1 fully saturated rings. The molecule has 1 saturated heterocycles. The normalized spacial score (nSPS) is 13.8. The number of anilines is 2. The maximum atomic E-state index is 12.9. The summed E-state index contributed by atoms with van der Waals surface area (Å²) in [5.41, 5.74) is 1.67. The number of hydrogen-bond acceptors (Lipinski definition) is 6. The summed E-state index contributed by atoms with van der Waals surface area (Å²) in [6, 6.07) is 12.0. The number of likely N-dealkylation sites (tertiary alicyclic amines) is 1. The highest BCUT2D eigenvalue weighted by atomic mass is 16.5. The van der Waals surface area contributed by atoms with Gasteiger partial charge in [-0.3, -0.25) is 19.3 Å². The Morgan fingerprint density at radius 2 is 1.88 bits per heavy atom. The monoisotopic (exact) mass is 435 g/mol. The third kappa shape index (κ3) is 5.30. The summed E-state index contributed by atoms with van der Waals surface area (Å²) in [6.07, 6.45) is 3.77. The molecule has 0 spiro atoms. The molecule has 0 bridgehead atoms. The molecule has 2 N–H and O–H groups in total. The molecule has 1 aromatic carbocycles. The highest BCUT2D eigenvalue weighted by Gasteiger charge is 2.16. The Morgan fingerprint density at radius 3 is 2.62 bits per heavy atom. The molecule has 1 aliphatic heterocycles. The van der Waals surface area contributed by atoms with Gasteiger partial charge in [0, 0.05) is 30.6 Å². The first-order valence-electron chi connectivity index (χ1n) is 10.5. The molecule has 0 aliphatic carbocycles. The fourth-order valence-corrected chi connectivity index (χ4v) is 3.71. The second-order valence-electron chi connectivity index (χ2n) is 7.85. The molecular weight excluding hydrogens is 410 g/mol. The van der Waals surface area contributed by atoms with E-state index in [1.165, 1.54) is 35.7 Å². The number of benzene rings is 1. The van der Waals surface area contributed by atoms with E-state index in [0.29, 0.717) is 5.76 Å². The number of para-hydroxylation sites is 1. The molecule has 1 aliphatic rings. The quantitative estimate of drug-likeness (QED) is 0.591. The maximum absolute atomic E-state index is 12.9. The number of rotatable bonds is 7. The maximum Gasteiger partial charge on any atom is 0.257 e. The third-order valence-corrected chi connectivity index (χ3v) is 5.31. The minimum atomic E-state index is -0.450. The van der Waals surface area contributed by atoms with Gasteiger partial charge in [0.15, 0.2) is 5.82 Å². The number of amides is 2. The van der Waals surface area contributed by atoms with Gasteiger partial charge in [-0.2, -0.15) is 0 Å². The van der Waals surface area contributed by atoms with Gasteiger partial charge in [0.1, 0.15) is 12.3 Å². The summed E-state index contributed by atoms with van der Waals surface area (Å²) >= 11 is 0. The van der Waals surface area contributed by atoms with Crippen LogP contribution >= 0.6 is 0 Å². The van der Waals surface area contributed by atoms with Crippen molar-refractivity contribution in [2.75, 3.05) is 23.7 Å². The fraction of sp³-hybridized carbons (Fsp3) is 0.304. The molecular formula is C23H25N5O4. The number of nitrogens with zero attached hydrogens (tertiary/aromatic N) is 3. The highest BCUT2D eigenvalue weighted by molar-refractivity contribution is 6.04. The van der Waals surface area contributed by atoms with Crippen LogP contribution < -0.4 is 16.2 Å². The molecule has 9 nitrogen and oxygen atoms in total. The Hall–Kier alpha value is -3.72. The van der Waals surface area contributed by atoms with Crippen LogP contribution in [0.1, 0.15) is 34.5 Å². The lowest BCUT2D eigenvalue weighted by molar-refractivity contribution is -0.116. The van der Waals surface area contributed by atoms with Crippen molar-refractivity contribution < 1.29 is 14.1 Å². The smallest absolute Gasteiger partial charge is 0.257 e. The first kappa shape index (κ1) is 21.5. The Kier molecular flexibility index (Phi) is 6.46. The van der Waals surface area contributed by atoms with Crippen molar-refractivity contribution in [1.29, 1.82) is 0 Å². The SMILES string of the molecule is Cc1cc(NC(=O)Cn2cc(C(=O)Nc3ccccc3CN3CCCC3)ccc2=O)no1. The van der Waals surface area contributed by atoms with Crippen molar-refractivity contribution in [1.82, 2.24) is 14.6 Å². The zero-order chi connectivity index (χ0) is 22.5. The number of carbonyl (C=O) groups excluding carboxylic acids is 2. The predicted octanol–water partition coefficient (Wildman–Crippen LogP) is 2.63. The number of nitrogens with one attached hydrogen (secondary N) is 2. The Bertz CT molecular complexity index is 1180. The molecule has 0 unspecified atom stereocenters. The van der Waals surface area contributed by atoms with Crippen LogP contribution in [0, 0.1) is 6.92 Å². The standard InChI is InChI=1S/C23H25N5O4/c1-16-12-20(26-32-16)25-21(29)15-28-14-18(8-9-22(28)30)23(31)24-19-7-3-2-6-17(19)13-27-10-4-5-11-27/h2-3,6-9,12,14H,4-5,10-11,13,15H2,1H3,(H,24,31)(H,25,26,29). The lowest BCUT2D eigenvalue weighted by Gasteiger charge is -2.18. The summed E-state index contributed by atoms with van der Waals surface area (Å²) in [6.45, 7) is 4.35. The molecule has 4 rings (SSSR count). The Morgan fingerprint density at radius 1 is 1.09 bits per heavy atom. The van der Waals surface area contributed by atoms with Crippen LogP contribution in [0.15, 0.2) is 58.0 Å². The van der Waals surface area contributed by atoms with Crippen molar-refractivity contribution in [2.24, 2.45) is 0 Å². The van der Waals surface area contributed by atoms with Crippen molar-refractivity contribution in [2.45, 2.75) is 32.9 Å². The van der Waals surface area contributed by atoms with Crippen LogP contribution in [0.5, 0.6) is 0 Å². The minimum absolute atomic E-state index is 0.253. The van der Waals surface area contributed by atoms with Gasteiger partial charge in [0.2, 0.25) is 5.91 Å². The highest BCUT2D eigenvalue weighted by Crippen LogP contribution is 2.20. The molecule has 0 saturated carbocycles. The van der Waals surface area contributed by atoms with Crippen molar-refractivity contribution in [3.05, 3.63) is 75.9 Å². The number of aryl methyl sites for hydroxylation is 1. The van der Waals surface area contributed by atoms with Crippen LogP contribution in [0.25, 0.3) is 0 Å². The average molecular weight is 435 g/mol. The van der Waals surface area contributed by atoms with E-state index in [4.69, 9.17) is 4.52 Å². The molecule has 9 heteroatoms. The van der Waals surface area contributed by atoms with E-state index < -0.39 is 5.91 Å². The third-order valence-electron chi connectivity index (χ3n) is 5.31. The summed E-state index contributed by atoms with van der Waals surface area (Å²) < 4.78 is 6.10. The summed E-state index contributed by atoms with van der Waals surface area (Å²) in [5.74, 6) is 0.0271. The Balaban J connectivity index is 1.45. The Labute approximate surface area is 185 Å². The largest absolute Gasteiger partial charge is 0.360 e. The zero-order valence-corrected chi connectivity index (χ0v) is 17.8. The molecule has 3 heterocycles. The molecule has 2 amide bonds. The van der Waals surface area contributed by atoms with Gasteiger partial charge in [-0.25, -0.2) is 0 Å². The minimum Gasteiger partial charge on any atom is -0.360 e. The van der Waals surface area contributed by atoms with E-state index in [1.54, 1.807) is 13.0 Å². The first-order valence-corrected chi connectivity index (χ1v) is 10.5. The summed E-state index contributed by atoms with van der Waals surface area (Å²) in [5, 5.41) is 9.19. The van der Waals surface area contributed by atoms with Gasteiger partial charge in [0.05, 0.1) is 5.56 Å². The molecule has 0 radical (unpaired) electrons. The van der Waals surface area contributed by atoms with E-state index in [0.717, 1.165) is 30.9 Å². The number of hydrogen-bond donors (Lipinski definition) is 2. The van der Waals surface area contributed by atoms with E-state index in [2.05, 4.69) is 20.7 Å². The lowest BCUT2D eigenvalue weighted by Crippen LogP contribution is -2.28. The van der Waals surface area contributed by atoms with Gasteiger partial charge < -0.3 is 19.7 Å². The topological polar surface area (TPSA) is 109 Å². The molecule has 166 valence electrons. The predicted molar refractivity (Wildman–Crippen MR) is 119 cm³/mol. The van der Waals surface area contributed by atoms with Crippen molar-refractivity contribution in [3.8, 4) is 0 Å². The molecule has 0 atom stereocenters. The second-order valence-corrected chi connectivity index (χ2v) is 7.85. The van der Waals surface area contributed by atoms with Crippen molar-refractivity contribution >= 4 is 23.3 Å².